The number of carbonyl (C=O) groups excluding carboxylic acids is 1. The first-order valence-corrected chi connectivity index (χ1v) is 15.3. The Kier molecular flexibility index (Phi) is 8.70. The van der Waals surface area contributed by atoms with Gasteiger partial charge in [-0.3, -0.25) is 13.9 Å². The van der Waals surface area contributed by atoms with Gasteiger partial charge in [0.2, 0.25) is 5.91 Å². The molecule has 0 fully saturated rings. The van der Waals surface area contributed by atoms with Crippen LogP contribution in [0.3, 0.4) is 0 Å². The zero-order valence-corrected chi connectivity index (χ0v) is 24.8. The van der Waals surface area contributed by atoms with Gasteiger partial charge in [-0.15, -0.1) is 0 Å². The molecule has 1 heterocycles. The summed E-state index contributed by atoms with van der Waals surface area (Å²) >= 11 is 6.20. The fourth-order valence-corrected chi connectivity index (χ4v) is 7.14. The molecule has 0 radical (unpaired) electrons. The molecule has 0 saturated heterocycles. The third kappa shape index (κ3) is 6.35. The second-order valence-electron chi connectivity index (χ2n) is 10.2. The maximum absolute atomic E-state index is 14.0. The van der Waals surface area contributed by atoms with Crippen LogP contribution in [0, 0.1) is 5.82 Å². The van der Waals surface area contributed by atoms with Crippen molar-refractivity contribution in [2.24, 2.45) is 0 Å². The van der Waals surface area contributed by atoms with Crippen molar-refractivity contribution in [1.29, 1.82) is 0 Å². The number of rotatable bonds is 10. The van der Waals surface area contributed by atoms with E-state index in [1.54, 1.807) is 48.3 Å². The van der Waals surface area contributed by atoms with E-state index in [4.69, 9.17) is 16.7 Å². The second kappa shape index (κ2) is 12.4. The largest absolute Gasteiger partial charge is 0.481 e. The SMILES string of the molecule is CN(CCC(=O)O)c1ccccc1CNC(=O)[C@@H]1Cc2ccccc2N1S(=O)(=O)c1ccc(-c2ccc(F)cc2Cl)cc1. The normalized spacial score (nSPS) is 14.3. The zero-order chi connectivity index (χ0) is 30.7. The first kappa shape index (κ1) is 30.1. The van der Waals surface area contributed by atoms with Crippen molar-refractivity contribution in [3.63, 3.8) is 0 Å². The minimum atomic E-state index is -4.17. The molecule has 0 unspecified atom stereocenters. The molecule has 222 valence electrons. The fourth-order valence-electron chi connectivity index (χ4n) is 5.21. The van der Waals surface area contributed by atoms with Crippen LogP contribution in [0.25, 0.3) is 11.1 Å². The van der Waals surface area contributed by atoms with Crippen LogP contribution in [0.2, 0.25) is 5.02 Å². The molecule has 43 heavy (non-hydrogen) atoms. The highest BCUT2D eigenvalue weighted by atomic mass is 35.5. The lowest BCUT2D eigenvalue weighted by Gasteiger charge is -2.27. The van der Waals surface area contributed by atoms with Crippen LogP contribution < -0.4 is 14.5 Å². The molecule has 8 nitrogen and oxygen atoms in total. The number of halogens is 2. The van der Waals surface area contributed by atoms with Gasteiger partial charge in [0.15, 0.2) is 0 Å². The topological polar surface area (TPSA) is 107 Å². The first-order valence-electron chi connectivity index (χ1n) is 13.5. The smallest absolute Gasteiger partial charge is 0.305 e. The van der Waals surface area contributed by atoms with Crippen LogP contribution in [0.5, 0.6) is 0 Å². The van der Waals surface area contributed by atoms with Crippen molar-refractivity contribution in [2.75, 3.05) is 22.8 Å². The molecule has 1 amide bonds. The molecular formula is C32H29ClFN3O5S. The Bertz CT molecular complexity index is 1780. The molecule has 1 aliphatic rings. The summed E-state index contributed by atoms with van der Waals surface area (Å²) in [5, 5.41) is 12.2. The van der Waals surface area contributed by atoms with Crippen LogP contribution in [0.1, 0.15) is 17.5 Å². The number of sulfonamides is 1. The Morgan fingerprint density at radius 1 is 1.02 bits per heavy atom. The van der Waals surface area contributed by atoms with Gasteiger partial charge in [0.05, 0.1) is 22.0 Å². The number of nitrogens with one attached hydrogen (secondary N) is 1. The van der Waals surface area contributed by atoms with E-state index in [2.05, 4.69) is 5.32 Å². The number of anilines is 2. The van der Waals surface area contributed by atoms with E-state index in [9.17, 15) is 22.4 Å². The summed E-state index contributed by atoms with van der Waals surface area (Å²) in [5.41, 5.74) is 3.88. The average molecular weight is 622 g/mol. The van der Waals surface area contributed by atoms with E-state index in [-0.39, 0.29) is 35.8 Å². The number of amides is 1. The number of hydrogen-bond acceptors (Lipinski definition) is 5. The molecule has 0 aliphatic carbocycles. The van der Waals surface area contributed by atoms with E-state index < -0.39 is 33.8 Å². The van der Waals surface area contributed by atoms with E-state index in [1.807, 2.05) is 24.3 Å². The molecule has 1 atom stereocenters. The highest BCUT2D eigenvalue weighted by molar-refractivity contribution is 7.93. The van der Waals surface area contributed by atoms with Gasteiger partial charge in [-0.1, -0.05) is 60.1 Å². The molecular weight excluding hydrogens is 593 g/mol. The fraction of sp³-hybridized carbons (Fsp3) is 0.188. The number of carbonyl (C=O) groups is 2. The van der Waals surface area contributed by atoms with Crippen molar-refractivity contribution >= 4 is 44.9 Å². The van der Waals surface area contributed by atoms with Gasteiger partial charge >= 0.3 is 5.97 Å². The molecule has 0 bridgehead atoms. The second-order valence-corrected chi connectivity index (χ2v) is 12.4. The van der Waals surface area contributed by atoms with E-state index >= 15 is 0 Å². The first-order chi connectivity index (χ1) is 20.6. The molecule has 5 rings (SSSR count). The summed E-state index contributed by atoms with van der Waals surface area (Å²) in [6, 6.07) is 23.4. The summed E-state index contributed by atoms with van der Waals surface area (Å²) in [5.74, 6) is -1.84. The molecule has 0 aromatic heterocycles. The third-order valence-corrected chi connectivity index (χ3v) is 9.55. The van der Waals surface area contributed by atoms with Gasteiger partial charge in [0.25, 0.3) is 10.0 Å². The van der Waals surface area contributed by atoms with Crippen molar-refractivity contribution < 1.29 is 27.5 Å². The van der Waals surface area contributed by atoms with Gasteiger partial charge in [-0.05, 0) is 59.2 Å². The molecule has 11 heteroatoms. The van der Waals surface area contributed by atoms with Crippen molar-refractivity contribution in [3.05, 3.63) is 113 Å². The highest BCUT2D eigenvalue weighted by Crippen LogP contribution is 2.38. The van der Waals surface area contributed by atoms with Gasteiger partial charge in [0, 0.05) is 37.8 Å². The third-order valence-electron chi connectivity index (χ3n) is 7.40. The molecule has 0 saturated carbocycles. The average Bonchev–Trinajstić information content (AvgIpc) is 3.40. The monoisotopic (exact) mass is 621 g/mol. The summed E-state index contributed by atoms with van der Waals surface area (Å²) in [7, 11) is -2.39. The number of benzene rings is 4. The molecule has 4 aromatic rings. The van der Waals surface area contributed by atoms with Crippen LogP contribution >= 0.6 is 11.6 Å². The van der Waals surface area contributed by atoms with Crippen LogP contribution in [-0.2, 0) is 32.6 Å². The molecule has 0 spiro atoms. The zero-order valence-electron chi connectivity index (χ0n) is 23.2. The Hall–Kier alpha value is -4.41. The number of para-hydroxylation sites is 2. The van der Waals surface area contributed by atoms with E-state index in [0.29, 0.717) is 16.8 Å². The van der Waals surface area contributed by atoms with Crippen LogP contribution in [-0.4, -0.2) is 45.0 Å². The van der Waals surface area contributed by atoms with E-state index in [1.165, 1.54) is 34.6 Å². The molecule has 1 aliphatic heterocycles. The van der Waals surface area contributed by atoms with Gasteiger partial charge in [-0.25, -0.2) is 12.8 Å². The maximum atomic E-state index is 14.0. The number of carboxylic acids is 1. The minimum absolute atomic E-state index is 0.00520. The number of aliphatic carboxylic acids is 1. The highest BCUT2D eigenvalue weighted by Gasteiger charge is 2.42. The van der Waals surface area contributed by atoms with Crippen molar-refractivity contribution in [3.8, 4) is 11.1 Å². The number of nitrogens with zero attached hydrogens (tertiary/aromatic N) is 2. The Balaban J connectivity index is 1.39. The van der Waals surface area contributed by atoms with Crippen molar-refractivity contribution in [2.45, 2.75) is 30.3 Å². The predicted molar refractivity (Wildman–Crippen MR) is 164 cm³/mol. The Morgan fingerprint density at radius 2 is 1.72 bits per heavy atom. The number of hydrogen-bond donors (Lipinski definition) is 2. The van der Waals surface area contributed by atoms with Gasteiger partial charge in [0.1, 0.15) is 11.9 Å². The van der Waals surface area contributed by atoms with Crippen molar-refractivity contribution in [1.82, 2.24) is 5.32 Å². The standard InChI is InChI=1S/C32H29ClFN3O5S/c1-36(17-16-31(38)39)28-8-4-3-7-23(28)20-35-32(40)30-18-22-6-2-5-9-29(22)37(30)43(41,42)25-13-10-21(11-14-25)26-15-12-24(34)19-27(26)33/h2-15,19,30H,16-18,20H2,1H3,(H,35,40)(H,38,39)/t30-/m0/s1. The summed E-state index contributed by atoms with van der Waals surface area (Å²) in [6.07, 6.45) is 0.160. The van der Waals surface area contributed by atoms with E-state index in [0.717, 1.165) is 16.8 Å². The Labute approximate surface area is 254 Å². The minimum Gasteiger partial charge on any atom is -0.481 e. The summed E-state index contributed by atoms with van der Waals surface area (Å²) < 4.78 is 42.8. The lowest BCUT2D eigenvalue weighted by Crippen LogP contribution is -2.47. The number of carboxylic acid groups (broad SMARTS) is 1. The summed E-state index contributed by atoms with van der Waals surface area (Å²) in [6.45, 7) is 0.413. The molecule has 2 N–H and O–H groups in total. The van der Waals surface area contributed by atoms with Crippen LogP contribution in [0.15, 0.2) is 95.9 Å². The lowest BCUT2D eigenvalue weighted by molar-refractivity contribution is -0.136. The quantitative estimate of drug-likeness (QED) is 0.242. The van der Waals surface area contributed by atoms with Gasteiger partial charge < -0.3 is 15.3 Å². The van der Waals surface area contributed by atoms with Crippen LogP contribution in [0.4, 0.5) is 15.8 Å². The predicted octanol–water partition coefficient (Wildman–Crippen LogP) is 5.49. The van der Waals surface area contributed by atoms with Gasteiger partial charge in [-0.2, -0.15) is 0 Å². The maximum Gasteiger partial charge on any atom is 0.305 e. The number of fused-ring (bicyclic) bond motifs is 1. The Morgan fingerprint density at radius 3 is 2.44 bits per heavy atom. The summed E-state index contributed by atoms with van der Waals surface area (Å²) in [4.78, 5) is 26.5. The molecule has 4 aromatic carbocycles. The lowest BCUT2D eigenvalue weighted by atomic mass is 10.1.